The molecule has 2 aliphatic rings. The van der Waals surface area contributed by atoms with E-state index >= 15 is 0 Å². The highest BCUT2D eigenvalue weighted by Crippen LogP contribution is 2.45. The van der Waals surface area contributed by atoms with Gasteiger partial charge in [-0.1, -0.05) is 30.0 Å². The van der Waals surface area contributed by atoms with Crippen LogP contribution in [0.5, 0.6) is 11.5 Å². The van der Waals surface area contributed by atoms with Crippen molar-refractivity contribution in [1.82, 2.24) is 0 Å². The van der Waals surface area contributed by atoms with Gasteiger partial charge in [-0.3, -0.25) is 4.79 Å². The van der Waals surface area contributed by atoms with E-state index in [0.717, 1.165) is 0 Å². The molecular formula is C20H20N2O5S2. The Balaban J connectivity index is 1.80. The maximum atomic E-state index is 12.7. The van der Waals surface area contributed by atoms with Crippen LogP contribution < -0.4 is 14.4 Å². The summed E-state index contributed by atoms with van der Waals surface area (Å²) in [5, 5.41) is 0.272. The molecule has 2 atom stereocenters. The molecule has 0 spiro atoms. The summed E-state index contributed by atoms with van der Waals surface area (Å²) in [7, 11) is -0.0586. The van der Waals surface area contributed by atoms with Crippen LogP contribution in [-0.2, 0) is 9.84 Å². The van der Waals surface area contributed by atoms with Gasteiger partial charge in [0.05, 0.1) is 37.5 Å². The molecule has 2 aliphatic heterocycles. The smallest absolute Gasteiger partial charge is 0.279 e. The van der Waals surface area contributed by atoms with Crippen LogP contribution in [0.1, 0.15) is 10.4 Å². The molecule has 0 unspecified atom stereocenters. The molecule has 0 radical (unpaired) electrons. The second-order valence-corrected chi connectivity index (χ2v) is 10.1. The van der Waals surface area contributed by atoms with Gasteiger partial charge in [-0.05, 0) is 24.3 Å². The average molecular weight is 433 g/mol. The molecule has 4 rings (SSSR count). The summed E-state index contributed by atoms with van der Waals surface area (Å²) in [4.78, 5) is 18.8. The number of benzene rings is 2. The molecule has 0 aromatic heterocycles. The van der Waals surface area contributed by atoms with Gasteiger partial charge in [0.15, 0.2) is 15.0 Å². The van der Waals surface area contributed by atoms with Crippen molar-refractivity contribution in [3.8, 4) is 11.5 Å². The summed E-state index contributed by atoms with van der Waals surface area (Å²) >= 11 is 1.32. The Kier molecular flexibility index (Phi) is 5.26. The second kappa shape index (κ2) is 7.72. The fraction of sp³-hybridized carbons (Fsp3) is 0.300. The van der Waals surface area contributed by atoms with Gasteiger partial charge in [0, 0.05) is 16.9 Å². The van der Waals surface area contributed by atoms with Crippen LogP contribution in [0.2, 0.25) is 0 Å². The fourth-order valence-electron chi connectivity index (χ4n) is 3.56. The largest absolute Gasteiger partial charge is 0.497 e. The van der Waals surface area contributed by atoms with Gasteiger partial charge in [-0.25, -0.2) is 8.42 Å². The number of amides is 1. The quantitative estimate of drug-likeness (QED) is 0.734. The van der Waals surface area contributed by atoms with Crippen LogP contribution in [0.4, 0.5) is 5.69 Å². The monoisotopic (exact) mass is 432 g/mol. The Hall–Kier alpha value is -2.52. The zero-order valence-electron chi connectivity index (χ0n) is 15.9. The molecule has 0 aliphatic carbocycles. The minimum absolute atomic E-state index is 0.00355. The Morgan fingerprint density at radius 2 is 1.86 bits per heavy atom. The molecular weight excluding hydrogens is 412 g/mol. The summed E-state index contributed by atoms with van der Waals surface area (Å²) in [6.07, 6.45) is 0. The van der Waals surface area contributed by atoms with E-state index in [0.29, 0.717) is 27.9 Å². The minimum atomic E-state index is -3.16. The predicted molar refractivity (Wildman–Crippen MR) is 114 cm³/mol. The molecule has 29 heavy (non-hydrogen) atoms. The third kappa shape index (κ3) is 3.84. The van der Waals surface area contributed by atoms with Crippen LogP contribution in [-0.4, -0.2) is 56.5 Å². The van der Waals surface area contributed by atoms with E-state index in [9.17, 15) is 13.2 Å². The number of aliphatic imine (C=N–C) groups is 1. The number of hydrogen-bond acceptors (Lipinski definition) is 6. The normalized spacial score (nSPS) is 23.8. The molecule has 2 aromatic carbocycles. The van der Waals surface area contributed by atoms with Gasteiger partial charge < -0.3 is 14.4 Å². The first kappa shape index (κ1) is 19.8. The number of fused-ring (bicyclic) bond motifs is 1. The van der Waals surface area contributed by atoms with Crippen LogP contribution >= 0.6 is 11.8 Å². The molecule has 0 N–H and O–H groups in total. The molecule has 9 heteroatoms. The molecule has 152 valence electrons. The van der Waals surface area contributed by atoms with E-state index in [1.807, 2.05) is 11.0 Å². The number of nitrogens with zero attached hydrogens (tertiary/aromatic N) is 2. The molecule has 2 heterocycles. The van der Waals surface area contributed by atoms with E-state index in [1.54, 1.807) is 56.7 Å². The minimum Gasteiger partial charge on any atom is -0.497 e. The van der Waals surface area contributed by atoms with Gasteiger partial charge in [-0.2, -0.15) is 4.99 Å². The first-order chi connectivity index (χ1) is 13.9. The maximum absolute atomic E-state index is 12.7. The van der Waals surface area contributed by atoms with E-state index in [2.05, 4.69) is 4.99 Å². The molecule has 0 bridgehead atoms. The molecule has 1 amide bonds. The standard InChI is InChI=1S/C20H20N2O5S2/c1-26-14-8-9-17(27-2)15(10-14)22-16-11-29(24,25)12-18(16)28-20(22)21-19(23)13-6-4-3-5-7-13/h3-10,16,18H,11-12H2,1-2H3/t16-,18+/m0/s1. The van der Waals surface area contributed by atoms with Gasteiger partial charge in [0.2, 0.25) is 0 Å². The third-order valence-electron chi connectivity index (χ3n) is 4.93. The maximum Gasteiger partial charge on any atom is 0.279 e. The topological polar surface area (TPSA) is 85.3 Å². The van der Waals surface area contributed by atoms with E-state index < -0.39 is 9.84 Å². The van der Waals surface area contributed by atoms with Crippen molar-refractivity contribution in [1.29, 1.82) is 0 Å². The molecule has 2 saturated heterocycles. The lowest BCUT2D eigenvalue weighted by Crippen LogP contribution is -2.38. The lowest BCUT2D eigenvalue weighted by Gasteiger charge is -2.26. The number of rotatable bonds is 4. The van der Waals surface area contributed by atoms with Crippen LogP contribution in [0.25, 0.3) is 0 Å². The molecule has 2 fully saturated rings. The fourth-order valence-corrected chi connectivity index (χ4v) is 7.47. The van der Waals surface area contributed by atoms with Crippen molar-refractivity contribution in [3.05, 3.63) is 54.1 Å². The van der Waals surface area contributed by atoms with Crippen LogP contribution in [0.15, 0.2) is 53.5 Å². The third-order valence-corrected chi connectivity index (χ3v) is 8.14. The van der Waals surface area contributed by atoms with Crippen LogP contribution in [0, 0.1) is 0 Å². The SMILES string of the molecule is COc1ccc(OC)c(N2C(=NC(=O)c3ccccc3)S[C@@H]3CS(=O)(=O)C[C@@H]32)c1. The van der Waals surface area contributed by atoms with E-state index in [1.165, 1.54) is 11.8 Å². The Morgan fingerprint density at radius 1 is 1.10 bits per heavy atom. The van der Waals surface area contributed by atoms with Gasteiger partial charge in [-0.15, -0.1) is 0 Å². The summed E-state index contributed by atoms with van der Waals surface area (Å²) in [6.45, 7) is 0. The van der Waals surface area contributed by atoms with E-state index in [4.69, 9.17) is 9.47 Å². The molecule has 7 nitrogen and oxygen atoms in total. The average Bonchev–Trinajstić information content (AvgIpc) is 3.18. The summed E-state index contributed by atoms with van der Waals surface area (Å²) in [6, 6.07) is 13.8. The Bertz CT molecular complexity index is 1070. The van der Waals surface area contributed by atoms with Gasteiger partial charge >= 0.3 is 0 Å². The summed E-state index contributed by atoms with van der Waals surface area (Å²) in [5.41, 5.74) is 1.10. The Labute approximate surface area is 173 Å². The Morgan fingerprint density at radius 3 is 2.55 bits per heavy atom. The lowest BCUT2D eigenvalue weighted by molar-refractivity contribution is 0.100. The highest BCUT2D eigenvalue weighted by molar-refractivity contribution is 8.16. The first-order valence-corrected chi connectivity index (χ1v) is 11.7. The van der Waals surface area contributed by atoms with Crippen LogP contribution in [0.3, 0.4) is 0 Å². The number of amidine groups is 1. The van der Waals surface area contributed by atoms with Crippen molar-refractivity contribution < 1.29 is 22.7 Å². The highest BCUT2D eigenvalue weighted by Gasteiger charge is 2.50. The first-order valence-electron chi connectivity index (χ1n) is 8.98. The number of carbonyl (C=O) groups excluding carboxylic acids is 1. The van der Waals surface area contributed by atoms with Crippen molar-refractivity contribution in [3.63, 3.8) is 0 Å². The second-order valence-electron chi connectivity index (χ2n) is 6.77. The number of methoxy groups -OCH3 is 2. The number of hydrogen-bond donors (Lipinski definition) is 0. The zero-order chi connectivity index (χ0) is 20.6. The number of thioether (sulfide) groups is 1. The summed E-state index contributed by atoms with van der Waals surface area (Å²) in [5.74, 6) is 0.843. The van der Waals surface area contributed by atoms with Crippen molar-refractivity contribution in [2.45, 2.75) is 11.3 Å². The highest BCUT2D eigenvalue weighted by atomic mass is 32.2. The van der Waals surface area contributed by atoms with Gasteiger partial charge in [0.1, 0.15) is 11.5 Å². The van der Waals surface area contributed by atoms with Crippen molar-refractivity contribution in [2.75, 3.05) is 30.6 Å². The predicted octanol–water partition coefficient (Wildman–Crippen LogP) is 2.62. The van der Waals surface area contributed by atoms with E-state index in [-0.39, 0.29) is 28.7 Å². The lowest BCUT2D eigenvalue weighted by atomic mass is 10.1. The summed E-state index contributed by atoms with van der Waals surface area (Å²) < 4.78 is 35.3. The number of ether oxygens (including phenoxy) is 2. The van der Waals surface area contributed by atoms with Gasteiger partial charge in [0.25, 0.3) is 5.91 Å². The number of anilines is 1. The molecule has 0 saturated carbocycles. The van der Waals surface area contributed by atoms with Crippen molar-refractivity contribution >= 4 is 38.4 Å². The zero-order valence-corrected chi connectivity index (χ0v) is 17.6. The molecule has 2 aromatic rings. The van der Waals surface area contributed by atoms with Crippen molar-refractivity contribution in [2.24, 2.45) is 4.99 Å². The number of sulfone groups is 1. The number of carbonyl (C=O) groups is 1.